The van der Waals surface area contributed by atoms with Gasteiger partial charge in [0.05, 0.1) is 0 Å². The number of piperidine rings is 1. The summed E-state index contributed by atoms with van der Waals surface area (Å²) in [5, 5.41) is 3.03. The molecule has 146 valence electrons. The lowest BCUT2D eigenvalue weighted by molar-refractivity contribution is -0.127. The topological polar surface area (TPSA) is 67.6 Å². The largest absolute Gasteiger partial charge is 0.481 e. The van der Waals surface area contributed by atoms with Crippen LogP contribution in [0, 0.1) is 5.92 Å². The molecule has 1 N–H and O–H groups in total. The zero-order valence-electron chi connectivity index (χ0n) is 16.0. The zero-order valence-corrected chi connectivity index (χ0v) is 16.0. The first-order valence-electron chi connectivity index (χ1n) is 9.79. The maximum atomic E-state index is 12.3. The average Bonchev–Trinajstić information content (AvgIpc) is 3.17. The molecule has 1 aromatic heterocycles. The van der Waals surface area contributed by atoms with Crippen molar-refractivity contribution < 1.29 is 13.9 Å². The van der Waals surface area contributed by atoms with E-state index in [9.17, 15) is 4.79 Å². The lowest BCUT2D eigenvalue weighted by Gasteiger charge is -2.31. The third kappa shape index (κ3) is 4.27. The highest BCUT2D eigenvalue weighted by atomic mass is 16.5. The third-order valence-corrected chi connectivity index (χ3v) is 5.16. The Bertz CT molecular complexity index is 884. The fourth-order valence-electron chi connectivity index (χ4n) is 3.47. The molecule has 0 unspecified atom stereocenters. The summed E-state index contributed by atoms with van der Waals surface area (Å²) in [7, 11) is 0. The summed E-state index contributed by atoms with van der Waals surface area (Å²) in [6.45, 7) is 4.20. The van der Waals surface area contributed by atoms with Gasteiger partial charge in [0.2, 0.25) is 0 Å². The van der Waals surface area contributed by atoms with Crippen LogP contribution in [0.25, 0.3) is 11.1 Å². The van der Waals surface area contributed by atoms with Crippen LogP contribution in [0.1, 0.15) is 19.8 Å². The Morgan fingerprint density at radius 3 is 2.64 bits per heavy atom. The van der Waals surface area contributed by atoms with E-state index in [0.717, 1.165) is 37.0 Å². The number of benzene rings is 2. The van der Waals surface area contributed by atoms with Gasteiger partial charge >= 0.3 is 0 Å². The molecule has 3 aromatic rings. The molecule has 1 amide bonds. The molecule has 6 nitrogen and oxygen atoms in total. The number of carbonyl (C=O) groups excluding carboxylic acids is 1. The van der Waals surface area contributed by atoms with E-state index >= 15 is 0 Å². The summed E-state index contributed by atoms with van der Waals surface area (Å²) >= 11 is 0. The second kappa shape index (κ2) is 8.33. The maximum absolute atomic E-state index is 12.3. The minimum atomic E-state index is -0.512. The van der Waals surface area contributed by atoms with Crippen molar-refractivity contribution in [1.29, 1.82) is 0 Å². The van der Waals surface area contributed by atoms with Crippen LogP contribution in [0.15, 0.2) is 59.0 Å². The van der Waals surface area contributed by atoms with Gasteiger partial charge in [0.15, 0.2) is 11.7 Å². The smallest absolute Gasteiger partial charge is 0.298 e. The van der Waals surface area contributed by atoms with Gasteiger partial charge < -0.3 is 19.4 Å². The molecule has 2 aromatic carbocycles. The van der Waals surface area contributed by atoms with E-state index in [4.69, 9.17) is 9.15 Å². The second-order valence-electron chi connectivity index (χ2n) is 7.21. The molecular formula is C22H25N3O3. The molecule has 0 bridgehead atoms. The van der Waals surface area contributed by atoms with Crippen LogP contribution in [-0.2, 0) is 4.79 Å². The van der Waals surface area contributed by atoms with E-state index in [1.54, 1.807) is 6.92 Å². The summed E-state index contributed by atoms with van der Waals surface area (Å²) in [6.07, 6.45) is 1.47. The predicted octanol–water partition coefficient (Wildman–Crippen LogP) is 3.63. The van der Waals surface area contributed by atoms with Gasteiger partial charge in [0.1, 0.15) is 11.3 Å². The quantitative estimate of drug-likeness (QED) is 0.708. The monoisotopic (exact) mass is 379 g/mol. The number of para-hydroxylation sites is 3. The first kappa shape index (κ1) is 18.3. The van der Waals surface area contributed by atoms with Gasteiger partial charge in [-0.25, -0.2) is 0 Å². The SMILES string of the molecule is C[C@H](Oc1ccccc1)C(=O)NCC1CCN(c2nc3ccccc3o2)CC1. The molecule has 1 aliphatic heterocycles. The number of anilines is 1. The van der Waals surface area contributed by atoms with E-state index in [1.165, 1.54) is 0 Å². The van der Waals surface area contributed by atoms with Crippen LogP contribution in [0.3, 0.4) is 0 Å². The van der Waals surface area contributed by atoms with Crippen LogP contribution in [0.5, 0.6) is 5.75 Å². The number of hydrogen-bond donors (Lipinski definition) is 1. The molecule has 2 heterocycles. The van der Waals surface area contributed by atoms with Gasteiger partial charge in [-0.2, -0.15) is 4.98 Å². The van der Waals surface area contributed by atoms with Crippen molar-refractivity contribution in [2.24, 2.45) is 5.92 Å². The van der Waals surface area contributed by atoms with Gasteiger partial charge in [-0.1, -0.05) is 30.3 Å². The van der Waals surface area contributed by atoms with E-state index in [1.807, 2.05) is 54.6 Å². The van der Waals surface area contributed by atoms with E-state index < -0.39 is 6.10 Å². The van der Waals surface area contributed by atoms with E-state index in [2.05, 4.69) is 15.2 Å². The van der Waals surface area contributed by atoms with Gasteiger partial charge in [-0.3, -0.25) is 4.79 Å². The molecule has 0 spiro atoms. The molecule has 0 radical (unpaired) electrons. The standard InChI is InChI=1S/C22H25N3O3/c1-16(27-18-7-3-2-4-8-18)21(26)23-15-17-11-13-25(14-12-17)22-24-19-9-5-6-10-20(19)28-22/h2-10,16-17H,11-15H2,1H3,(H,23,26)/t16-/m0/s1. The molecule has 4 rings (SSSR count). The molecule has 0 aliphatic carbocycles. The fraction of sp³-hybridized carbons (Fsp3) is 0.364. The minimum absolute atomic E-state index is 0.0785. The Kier molecular flexibility index (Phi) is 5.46. The van der Waals surface area contributed by atoms with Crippen molar-refractivity contribution >= 4 is 23.0 Å². The number of aromatic nitrogens is 1. The number of hydrogen-bond acceptors (Lipinski definition) is 5. The third-order valence-electron chi connectivity index (χ3n) is 5.16. The van der Waals surface area contributed by atoms with Gasteiger partial charge in [-0.15, -0.1) is 0 Å². The molecular weight excluding hydrogens is 354 g/mol. The van der Waals surface area contributed by atoms with Crippen LogP contribution in [0.2, 0.25) is 0 Å². The number of amides is 1. The highest BCUT2D eigenvalue weighted by molar-refractivity contribution is 5.80. The highest BCUT2D eigenvalue weighted by Gasteiger charge is 2.24. The first-order chi connectivity index (χ1) is 13.7. The average molecular weight is 379 g/mol. The summed E-state index contributed by atoms with van der Waals surface area (Å²) in [6, 6.07) is 17.9. The number of rotatable bonds is 6. The maximum Gasteiger partial charge on any atom is 0.298 e. The summed E-state index contributed by atoms with van der Waals surface area (Å²) < 4.78 is 11.5. The Morgan fingerprint density at radius 1 is 1.18 bits per heavy atom. The molecule has 1 fully saturated rings. The molecule has 28 heavy (non-hydrogen) atoms. The molecule has 0 saturated carbocycles. The highest BCUT2D eigenvalue weighted by Crippen LogP contribution is 2.26. The van der Waals surface area contributed by atoms with E-state index in [0.29, 0.717) is 24.2 Å². The number of carbonyl (C=O) groups is 1. The Hall–Kier alpha value is -3.02. The summed E-state index contributed by atoms with van der Waals surface area (Å²) in [4.78, 5) is 19.1. The minimum Gasteiger partial charge on any atom is -0.481 e. The second-order valence-corrected chi connectivity index (χ2v) is 7.21. The van der Waals surface area contributed by atoms with Gasteiger partial charge in [0.25, 0.3) is 11.9 Å². The molecule has 1 aliphatic rings. The van der Waals surface area contributed by atoms with Crippen molar-refractivity contribution in [2.75, 3.05) is 24.5 Å². The summed E-state index contributed by atoms with van der Waals surface area (Å²) in [5.41, 5.74) is 1.71. The lowest BCUT2D eigenvalue weighted by atomic mass is 9.97. The predicted molar refractivity (Wildman–Crippen MR) is 108 cm³/mol. The van der Waals surface area contributed by atoms with Crippen LogP contribution >= 0.6 is 0 Å². The summed E-state index contributed by atoms with van der Waals surface area (Å²) in [5.74, 6) is 1.08. The van der Waals surface area contributed by atoms with Crippen molar-refractivity contribution in [3.8, 4) is 5.75 Å². The first-order valence-corrected chi connectivity index (χ1v) is 9.79. The van der Waals surface area contributed by atoms with Crippen LogP contribution in [0.4, 0.5) is 6.01 Å². The Morgan fingerprint density at radius 2 is 1.89 bits per heavy atom. The number of nitrogens with one attached hydrogen (secondary N) is 1. The van der Waals surface area contributed by atoms with Crippen molar-refractivity contribution in [2.45, 2.75) is 25.9 Å². The van der Waals surface area contributed by atoms with Crippen molar-refractivity contribution in [1.82, 2.24) is 10.3 Å². The van der Waals surface area contributed by atoms with Crippen molar-refractivity contribution in [3.05, 3.63) is 54.6 Å². The van der Waals surface area contributed by atoms with Crippen LogP contribution in [-0.4, -0.2) is 36.6 Å². The van der Waals surface area contributed by atoms with Crippen molar-refractivity contribution in [3.63, 3.8) is 0 Å². The number of oxazole rings is 1. The molecule has 1 saturated heterocycles. The number of nitrogens with zero attached hydrogens (tertiary/aromatic N) is 2. The zero-order chi connectivity index (χ0) is 19.3. The Balaban J connectivity index is 1.23. The normalized spacial score (nSPS) is 16.1. The lowest BCUT2D eigenvalue weighted by Crippen LogP contribution is -2.42. The van der Waals surface area contributed by atoms with Gasteiger partial charge in [-0.05, 0) is 49.9 Å². The van der Waals surface area contributed by atoms with Crippen LogP contribution < -0.4 is 15.0 Å². The fourth-order valence-corrected chi connectivity index (χ4v) is 3.47. The molecule has 1 atom stereocenters. The number of fused-ring (bicyclic) bond motifs is 1. The Labute approximate surface area is 164 Å². The number of ether oxygens (including phenoxy) is 1. The molecule has 6 heteroatoms. The van der Waals surface area contributed by atoms with Gasteiger partial charge in [0, 0.05) is 19.6 Å². The van der Waals surface area contributed by atoms with E-state index in [-0.39, 0.29) is 5.91 Å².